The van der Waals surface area contributed by atoms with E-state index in [4.69, 9.17) is 4.74 Å². The predicted octanol–water partition coefficient (Wildman–Crippen LogP) is 3.11. The van der Waals surface area contributed by atoms with E-state index in [9.17, 15) is 9.69 Å². The minimum Gasteiger partial charge on any atom is -0.494 e. The number of hydrogen-bond donors (Lipinski definition) is 1. The first-order valence-electron chi connectivity index (χ1n) is 7.47. The smallest absolute Gasteiger partial charge is 0.234 e. The van der Waals surface area contributed by atoms with Crippen LogP contribution in [0.15, 0.2) is 30.8 Å². The Kier molecular flexibility index (Phi) is 7.74. The molecule has 1 aromatic rings. The molecule has 22 heavy (non-hydrogen) atoms. The van der Waals surface area contributed by atoms with E-state index in [0.29, 0.717) is 23.8 Å². The highest BCUT2D eigenvalue weighted by molar-refractivity contribution is 7.69. The maximum atomic E-state index is 11.8. The number of benzene rings is 1. The summed E-state index contributed by atoms with van der Waals surface area (Å²) in [6.07, 6.45) is 3.99. The number of likely N-dealkylation sites (N-methyl/N-ethyl adjacent to an activating group) is 1. The van der Waals surface area contributed by atoms with Gasteiger partial charge in [-0.2, -0.15) is 0 Å². The third kappa shape index (κ3) is 7.69. The Balaban J connectivity index is 2.19. The van der Waals surface area contributed by atoms with Gasteiger partial charge in [0.05, 0.1) is 27.7 Å². The van der Waals surface area contributed by atoms with Gasteiger partial charge in [-0.15, -0.1) is 0 Å². The topological polar surface area (TPSA) is 46.5 Å². The lowest BCUT2D eigenvalue weighted by Crippen LogP contribution is -2.39. The van der Waals surface area contributed by atoms with Gasteiger partial charge in [0.1, 0.15) is 20.4 Å². The molecule has 5 heteroatoms. The largest absolute Gasteiger partial charge is 0.494 e. The fourth-order valence-corrected chi connectivity index (χ4v) is 3.23. The zero-order valence-corrected chi connectivity index (χ0v) is 14.7. The van der Waals surface area contributed by atoms with E-state index in [1.54, 1.807) is 6.08 Å². The quantitative estimate of drug-likeness (QED) is 0.409. The van der Waals surface area contributed by atoms with Crippen molar-refractivity contribution in [2.24, 2.45) is 0 Å². The van der Waals surface area contributed by atoms with Crippen LogP contribution >= 0.6 is 8.15 Å². The minimum atomic E-state index is -1.50. The Morgan fingerprint density at radius 2 is 1.91 bits per heavy atom. The van der Waals surface area contributed by atoms with Crippen LogP contribution in [0.2, 0.25) is 0 Å². The lowest BCUT2D eigenvalue weighted by atomic mass is 10.2. The van der Waals surface area contributed by atoms with Crippen molar-refractivity contribution in [2.75, 3.05) is 40.5 Å². The molecule has 0 aromatic heterocycles. The van der Waals surface area contributed by atoms with E-state index < -0.39 is 8.15 Å². The monoisotopic (exact) mass is 324 g/mol. The molecule has 1 rings (SSSR count). The van der Waals surface area contributed by atoms with Crippen LogP contribution in [0.3, 0.4) is 0 Å². The highest BCUT2D eigenvalue weighted by Crippen LogP contribution is 2.32. The van der Waals surface area contributed by atoms with Crippen LogP contribution in [-0.4, -0.2) is 55.4 Å². The minimum absolute atomic E-state index is 0.0246. The van der Waals surface area contributed by atoms with Crippen LogP contribution in [0.25, 0.3) is 6.08 Å². The molecule has 0 spiro atoms. The number of carbonyl (C=O) groups is 1. The number of quaternary nitrogens is 1. The number of rotatable bonds is 10. The summed E-state index contributed by atoms with van der Waals surface area (Å²) in [7, 11) is 4.35. The summed E-state index contributed by atoms with van der Waals surface area (Å²) in [5, 5.41) is 0. The van der Waals surface area contributed by atoms with Crippen molar-refractivity contribution < 1.29 is 18.9 Å². The summed E-state index contributed by atoms with van der Waals surface area (Å²) in [4.78, 5) is 21.7. The Bertz CT molecular complexity index is 480. The van der Waals surface area contributed by atoms with E-state index in [2.05, 4.69) is 6.58 Å². The molecule has 0 saturated heterocycles. The van der Waals surface area contributed by atoms with Crippen molar-refractivity contribution in [2.45, 2.75) is 12.8 Å². The zero-order chi connectivity index (χ0) is 16.6. The van der Waals surface area contributed by atoms with Gasteiger partial charge in [0, 0.05) is 0 Å². The fourth-order valence-electron chi connectivity index (χ4n) is 1.87. The van der Waals surface area contributed by atoms with Crippen molar-refractivity contribution >= 4 is 19.7 Å². The van der Waals surface area contributed by atoms with Crippen molar-refractivity contribution in [3.8, 4) is 5.75 Å². The van der Waals surface area contributed by atoms with Gasteiger partial charge in [0.15, 0.2) is 0 Å². The second-order valence-electron chi connectivity index (χ2n) is 6.29. The molecule has 0 amide bonds. The second kappa shape index (κ2) is 9.04. The molecule has 0 saturated carbocycles. The molecule has 0 bridgehead atoms. The molecule has 122 valence electrons. The summed E-state index contributed by atoms with van der Waals surface area (Å²) < 4.78 is 6.19. The molecule has 1 unspecified atom stereocenters. The van der Waals surface area contributed by atoms with Gasteiger partial charge in [-0.05, 0) is 36.7 Å². The first-order chi connectivity index (χ1) is 10.3. The van der Waals surface area contributed by atoms with Gasteiger partial charge in [0.25, 0.3) is 0 Å². The highest BCUT2D eigenvalue weighted by Gasteiger charge is 2.21. The Hall–Kier alpha value is -1.22. The van der Waals surface area contributed by atoms with E-state index >= 15 is 0 Å². The second-order valence-corrected chi connectivity index (χ2v) is 8.04. The number of unbranched alkanes of at least 4 members (excludes halogenated alkanes) is 1. The van der Waals surface area contributed by atoms with Gasteiger partial charge in [-0.1, -0.05) is 24.8 Å². The molecule has 1 atom stereocenters. The van der Waals surface area contributed by atoms with Crippen LogP contribution in [0.1, 0.15) is 18.4 Å². The predicted molar refractivity (Wildman–Crippen MR) is 93.2 cm³/mol. The van der Waals surface area contributed by atoms with Gasteiger partial charge in [-0.25, -0.2) is 0 Å². The van der Waals surface area contributed by atoms with Crippen molar-refractivity contribution in [3.63, 3.8) is 0 Å². The number of nitrogens with zero attached hydrogens (tertiary/aromatic N) is 1. The van der Waals surface area contributed by atoms with E-state index in [1.807, 2.05) is 45.4 Å². The SMILES string of the molecule is C=Cc1ccc(OCCCCP(O)C(=O)C[N+](C)(C)C)cc1. The van der Waals surface area contributed by atoms with E-state index in [-0.39, 0.29) is 5.52 Å². The molecular formula is C17H27NO3P+. The highest BCUT2D eigenvalue weighted by atomic mass is 31.1. The first kappa shape index (κ1) is 18.8. The maximum Gasteiger partial charge on any atom is 0.234 e. The molecule has 1 N–H and O–H groups in total. The Morgan fingerprint density at radius 1 is 1.27 bits per heavy atom. The summed E-state index contributed by atoms with van der Waals surface area (Å²) in [6.45, 7) is 4.69. The third-order valence-electron chi connectivity index (χ3n) is 3.05. The molecule has 0 radical (unpaired) electrons. The number of hydrogen-bond acceptors (Lipinski definition) is 3. The lowest BCUT2D eigenvalue weighted by Gasteiger charge is -2.23. The Morgan fingerprint density at radius 3 is 2.45 bits per heavy atom. The third-order valence-corrected chi connectivity index (χ3v) is 4.50. The number of carbonyl (C=O) groups excluding carboxylic acids is 1. The summed E-state index contributed by atoms with van der Waals surface area (Å²) in [6, 6.07) is 7.75. The van der Waals surface area contributed by atoms with E-state index in [1.165, 1.54) is 0 Å². The Labute approximate surface area is 134 Å². The van der Waals surface area contributed by atoms with Crippen molar-refractivity contribution in [1.82, 2.24) is 0 Å². The summed E-state index contributed by atoms with van der Waals surface area (Å²) in [5.74, 6) is 0.831. The molecule has 4 nitrogen and oxygen atoms in total. The van der Waals surface area contributed by atoms with Gasteiger partial charge in [-0.3, -0.25) is 4.79 Å². The zero-order valence-electron chi connectivity index (χ0n) is 13.8. The molecule has 1 aromatic carbocycles. The van der Waals surface area contributed by atoms with Crippen LogP contribution in [0.5, 0.6) is 5.75 Å². The molecule has 0 heterocycles. The maximum absolute atomic E-state index is 11.8. The molecular weight excluding hydrogens is 297 g/mol. The fraction of sp³-hybridized carbons (Fsp3) is 0.471. The van der Waals surface area contributed by atoms with Crippen molar-refractivity contribution in [3.05, 3.63) is 36.4 Å². The van der Waals surface area contributed by atoms with Crippen LogP contribution in [-0.2, 0) is 4.79 Å². The molecule has 0 aliphatic carbocycles. The molecule has 0 aliphatic rings. The lowest BCUT2D eigenvalue weighted by molar-refractivity contribution is -0.861. The number of ether oxygens (including phenoxy) is 1. The van der Waals surface area contributed by atoms with Gasteiger partial charge < -0.3 is 14.1 Å². The molecule has 0 aliphatic heterocycles. The van der Waals surface area contributed by atoms with Crippen molar-refractivity contribution in [1.29, 1.82) is 0 Å². The average Bonchev–Trinajstić information content (AvgIpc) is 2.45. The standard InChI is InChI=1S/C17H27NO3P/c1-5-15-8-10-16(11-9-15)21-12-6-7-13-22(20)17(19)14-18(2,3)4/h5,8-11,20H,1,6-7,12-14H2,2-4H3/q+1. The average molecular weight is 324 g/mol. The summed E-state index contributed by atoms with van der Waals surface area (Å²) in [5.41, 5.74) is 1.04. The van der Waals surface area contributed by atoms with Crippen LogP contribution < -0.4 is 4.74 Å². The molecule has 0 fully saturated rings. The van der Waals surface area contributed by atoms with Crippen LogP contribution in [0.4, 0.5) is 0 Å². The first-order valence-corrected chi connectivity index (χ1v) is 8.95. The normalized spacial score (nSPS) is 12.7. The summed E-state index contributed by atoms with van der Waals surface area (Å²) >= 11 is 0. The van der Waals surface area contributed by atoms with Gasteiger partial charge in [0.2, 0.25) is 5.52 Å². The van der Waals surface area contributed by atoms with Gasteiger partial charge >= 0.3 is 0 Å². The van der Waals surface area contributed by atoms with Crippen LogP contribution in [0, 0.1) is 0 Å². The van der Waals surface area contributed by atoms with E-state index in [0.717, 1.165) is 24.2 Å².